The summed E-state index contributed by atoms with van der Waals surface area (Å²) < 4.78 is 0. The molecule has 0 aliphatic rings. The second-order valence-electron chi connectivity index (χ2n) is 8.50. The zero-order valence-electron chi connectivity index (χ0n) is 19.3. The maximum absolute atomic E-state index is 13.1. The Morgan fingerprint density at radius 3 is 2.58 bits per heavy atom. The minimum absolute atomic E-state index is 0.177. The van der Waals surface area contributed by atoms with Crippen LogP contribution in [0.1, 0.15) is 61.5 Å². The summed E-state index contributed by atoms with van der Waals surface area (Å²) in [5.74, 6) is 0.315. The Labute approximate surface area is 194 Å². The second kappa shape index (κ2) is 10.9. The van der Waals surface area contributed by atoms with Crippen LogP contribution in [0.4, 0.5) is 5.69 Å². The third-order valence-corrected chi connectivity index (χ3v) is 5.41. The van der Waals surface area contributed by atoms with Gasteiger partial charge in [-0.1, -0.05) is 35.4 Å². The van der Waals surface area contributed by atoms with Gasteiger partial charge in [0.1, 0.15) is 11.3 Å². The monoisotopic (exact) mass is 448 g/mol. The van der Waals surface area contributed by atoms with Gasteiger partial charge >= 0.3 is 0 Å². The number of allylic oxidation sites excluding steroid dienone is 3. The van der Waals surface area contributed by atoms with Gasteiger partial charge in [0, 0.05) is 12.3 Å². The molecule has 0 aliphatic heterocycles. The number of carbonyl (C=O) groups excluding carboxylic acids is 1. The number of hydrogen-bond acceptors (Lipinski definition) is 5. The summed E-state index contributed by atoms with van der Waals surface area (Å²) in [4.78, 5) is 21.0. The number of nitrogens with zero attached hydrogens (tertiary/aromatic N) is 1. The zero-order valence-corrected chi connectivity index (χ0v) is 19.3. The lowest BCUT2D eigenvalue weighted by Gasteiger charge is -2.24. The summed E-state index contributed by atoms with van der Waals surface area (Å²) in [7, 11) is 0. The number of aromatic amines is 1. The molecule has 1 amide bonds. The number of H-pyrrole nitrogens is 1. The largest absolute Gasteiger partial charge is 0.399 e. The summed E-state index contributed by atoms with van der Waals surface area (Å²) in [5, 5.41) is 23.2. The van der Waals surface area contributed by atoms with E-state index in [4.69, 9.17) is 5.73 Å². The van der Waals surface area contributed by atoms with Crippen LogP contribution in [-0.4, -0.2) is 38.7 Å². The van der Waals surface area contributed by atoms with Crippen LogP contribution in [0.3, 0.4) is 0 Å². The van der Waals surface area contributed by atoms with Gasteiger partial charge in [-0.2, -0.15) is 0 Å². The predicted octanol–water partition coefficient (Wildman–Crippen LogP) is 4.12. The van der Waals surface area contributed by atoms with Gasteiger partial charge in [-0.25, -0.2) is 4.98 Å². The van der Waals surface area contributed by atoms with Crippen molar-refractivity contribution in [2.45, 2.75) is 45.8 Å². The molecule has 33 heavy (non-hydrogen) atoms. The molecule has 0 saturated heterocycles. The maximum atomic E-state index is 13.1. The average molecular weight is 449 g/mol. The number of amides is 1. The number of nitrogen functional groups attached to an aromatic ring is 1. The molecule has 0 spiro atoms. The molecule has 0 saturated carbocycles. The van der Waals surface area contributed by atoms with Crippen LogP contribution in [-0.2, 0) is 0 Å². The standard InChI is InChI=1S/C26H32N4O3/c1-16(2)7-8-17(3)15-23-28-21-6-4-5-20(24(21)30-23)26(33)29-22(13-14-31)25(32)18-9-11-19(27)12-10-18/h4-7,9-12,15,22,25,31-32H,8,13-14,27H2,1-3H3,(H,28,30)(H,29,33)/b17-15+. The number of nitrogens with one attached hydrogen (secondary N) is 2. The quantitative estimate of drug-likeness (QED) is 0.249. The number of imidazole rings is 1. The van der Waals surface area contributed by atoms with E-state index in [1.807, 2.05) is 19.1 Å². The Kier molecular flexibility index (Phi) is 8.03. The smallest absolute Gasteiger partial charge is 0.253 e. The van der Waals surface area contributed by atoms with Gasteiger partial charge in [0.15, 0.2) is 0 Å². The molecule has 0 aliphatic carbocycles. The van der Waals surface area contributed by atoms with Crippen molar-refractivity contribution in [3.8, 4) is 0 Å². The van der Waals surface area contributed by atoms with Gasteiger partial charge in [-0.15, -0.1) is 0 Å². The van der Waals surface area contributed by atoms with E-state index in [-0.39, 0.29) is 18.9 Å². The molecule has 2 atom stereocenters. The number of fused-ring (bicyclic) bond motifs is 1. The Balaban J connectivity index is 1.84. The fourth-order valence-corrected chi connectivity index (χ4v) is 3.58. The second-order valence-corrected chi connectivity index (χ2v) is 8.50. The van der Waals surface area contributed by atoms with Gasteiger partial charge in [0.05, 0.1) is 23.2 Å². The Morgan fingerprint density at radius 2 is 1.91 bits per heavy atom. The average Bonchev–Trinajstić information content (AvgIpc) is 3.19. The summed E-state index contributed by atoms with van der Waals surface area (Å²) in [6, 6.07) is 11.5. The molecule has 174 valence electrons. The van der Waals surface area contributed by atoms with Crippen LogP contribution in [0.15, 0.2) is 59.7 Å². The van der Waals surface area contributed by atoms with E-state index in [2.05, 4.69) is 35.2 Å². The topological polar surface area (TPSA) is 124 Å². The summed E-state index contributed by atoms with van der Waals surface area (Å²) >= 11 is 0. The first-order valence-electron chi connectivity index (χ1n) is 11.0. The normalized spacial score (nSPS) is 13.5. The number of nitrogens with two attached hydrogens (primary N) is 1. The molecule has 2 aromatic carbocycles. The minimum Gasteiger partial charge on any atom is -0.399 e. The zero-order chi connectivity index (χ0) is 24.0. The SMILES string of the molecule is CC(C)=CC/C(C)=C/c1nc2c(C(=O)NC(CCO)C(O)c3ccc(N)cc3)cccc2[nH]1. The first-order valence-corrected chi connectivity index (χ1v) is 11.0. The fourth-order valence-electron chi connectivity index (χ4n) is 3.58. The van der Waals surface area contributed by atoms with Crippen molar-refractivity contribution in [3.63, 3.8) is 0 Å². The number of anilines is 1. The van der Waals surface area contributed by atoms with Gasteiger partial charge in [0.2, 0.25) is 0 Å². The van der Waals surface area contributed by atoms with Crippen LogP contribution in [0.2, 0.25) is 0 Å². The first-order chi connectivity index (χ1) is 15.8. The number of para-hydroxylation sites is 1. The lowest BCUT2D eigenvalue weighted by Crippen LogP contribution is -2.40. The number of rotatable bonds is 9. The highest BCUT2D eigenvalue weighted by atomic mass is 16.3. The number of aliphatic hydroxyl groups excluding tert-OH is 2. The molecule has 0 radical (unpaired) electrons. The lowest BCUT2D eigenvalue weighted by atomic mass is 9.99. The molecule has 0 fully saturated rings. The Morgan fingerprint density at radius 1 is 1.18 bits per heavy atom. The van der Waals surface area contributed by atoms with Gasteiger partial charge in [0.25, 0.3) is 5.91 Å². The van der Waals surface area contributed by atoms with Crippen molar-refractivity contribution in [1.82, 2.24) is 15.3 Å². The van der Waals surface area contributed by atoms with Crippen molar-refractivity contribution in [1.29, 1.82) is 0 Å². The van der Waals surface area contributed by atoms with E-state index >= 15 is 0 Å². The molecule has 1 heterocycles. The summed E-state index contributed by atoms with van der Waals surface area (Å²) in [6.45, 7) is 5.99. The third kappa shape index (κ3) is 6.31. The Hall–Kier alpha value is -3.42. The number of aliphatic hydroxyl groups is 2. The van der Waals surface area contributed by atoms with Crippen molar-refractivity contribution in [3.05, 3.63) is 76.6 Å². The number of carbonyl (C=O) groups is 1. The molecule has 6 N–H and O–H groups in total. The van der Waals surface area contributed by atoms with E-state index in [0.29, 0.717) is 28.2 Å². The van der Waals surface area contributed by atoms with Crippen LogP contribution in [0.25, 0.3) is 17.1 Å². The van der Waals surface area contributed by atoms with E-state index in [1.54, 1.807) is 36.4 Å². The third-order valence-electron chi connectivity index (χ3n) is 5.41. The van der Waals surface area contributed by atoms with E-state index < -0.39 is 12.1 Å². The highest BCUT2D eigenvalue weighted by molar-refractivity contribution is 6.05. The number of aromatic nitrogens is 2. The van der Waals surface area contributed by atoms with Gasteiger partial charge in [-0.3, -0.25) is 4.79 Å². The minimum atomic E-state index is -0.990. The Bertz CT molecular complexity index is 1160. The number of benzene rings is 2. The summed E-state index contributed by atoms with van der Waals surface area (Å²) in [5.41, 5.74) is 11.0. The molecular weight excluding hydrogens is 416 g/mol. The molecule has 0 bridgehead atoms. The van der Waals surface area contributed by atoms with Gasteiger partial charge < -0.3 is 26.2 Å². The molecule has 3 rings (SSSR count). The molecule has 3 aromatic rings. The molecule has 7 nitrogen and oxygen atoms in total. The van der Waals surface area contributed by atoms with Crippen LogP contribution in [0.5, 0.6) is 0 Å². The van der Waals surface area contributed by atoms with Crippen molar-refractivity contribution in [2.75, 3.05) is 12.3 Å². The van der Waals surface area contributed by atoms with E-state index in [0.717, 1.165) is 17.5 Å². The highest BCUT2D eigenvalue weighted by Gasteiger charge is 2.24. The molecular formula is C26H32N4O3. The first kappa shape index (κ1) is 24.2. The molecule has 1 aromatic heterocycles. The maximum Gasteiger partial charge on any atom is 0.253 e. The molecule has 2 unspecified atom stereocenters. The highest BCUT2D eigenvalue weighted by Crippen LogP contribution is 2.23. The molecule has 7 heteroatoms. The number of hydrogen-bond donors (Lipinski definition) is 5. The van der Waals surface area contributed by atoms with E-state index in [1.165, 1.54) is 5.57 Å². The van der Waals surface area contributed by atoms with Crippen LogP contribution < -0.4 is 11.1 Å². The fraction of sp³-hybridized carbons (Fsp3) is 0.308. The van der Waals surface area contributed by atoms with Crippen molar-refractivity contribution >= 4 is 28.7 Å². The van der Waals surface area contributed by atoms with Crippen molar-refractivity contribution in [2.24, 2.45) is 0 Å². The van der Waals surface area contributed by atoms with Crippen molar-refractivity contribution < 1.29 is 15.0 Å². The summed E-state index contributed by atoms with van der Waals surface area (Å²) in [6.07, 6.45) is 4.17. The van der Waals surface area contributed by atoms with Crippen LogP contribution >= 0.6 is 0 Å². The lowest BCUT2D eigenvalue weighted by molar-refractivity contribution is 0.0790. The van der Waals surface area contributed by atoms with E-state index in [9.17, 15) is 15.0 Å². The predicted molar refractivity (Wildman–Crippen MR) is 133 cm³/mol. The van der Waals surface area contributed by atoms with Crippen LogP contribution in [0, 0.1) is 0 Å². The van der Waals surface area contributed by atoms with Gasteiger partial charge in [-0.05, 0) is 69.5 Å².